The van der Waals surface area contributed by atoms with Crippen LogP contribution in [0.4, 0.5) is 5.69 Å². The summed E-state index contributed by atoms with van der Waals surface area (Å²) >= 11 is 7.40. The molecule has 2 rings (SSSR count). The lowest BCUT2D eigenvalue weighted by Gasteiger charge is -2.08. The SMILES string of the molecule is Cc1ccc(Cl)cc1NC(=O)C(=O)NCc1ccsc1. The van der Waals surface area contributed by atoms with Crippen LogP contribution in [-0.2, 0) is 16.1 Å². The van der Waals surface area contributed by atoms with Crippen LogP contribution in [0.5, 0.6) is 0 Å². The fraction of sp³-hybridized carbons (Fsp3) is 0.143. The van der Waals surface area contributed by atoms with Crippen LogP contribution in [0.3, 0.4) is 0 Å². The van der Waals surface area contributed by atoms with Gasteiger partial charge >= 0.3 is 11.8 Å². The van der Waals surface area contributed by atoms with Crippen LogP contribution in [0.15, 0.2) is 35.0 Å². The van der Waals surface area contributed by atoms with Crippen LogP contribution in [0.25, 0.3) is 0 Å². The van der Waals surface area contributed by atoms with Gasteiger partial charge in [0, 0.05) is 17.3 Å². The first kappa shape index (κ1) is 14.6. The van der Waals surface area contributed by atoms with Crippen LogP contribution in [-0.4, -0.2) is 11.8 Å². The third-order valence-electron chi connectivity index (χ3n) is 2.69. The lowest BCUT2D eigenvalue weighted by molar-refractivity contribution is -0.136. The average Bonchev–Trinajstić information content (AvgIpc) is 2.93. The van der Waals surface area contributed by atoms with E-state index in [4.69, 9.17) is 11.6 Å². The van der Waals surface area contributed by atoms with Crippen molar-refractivity contribution in [1.29, 1.82) is 0 Å². The van der Waals surface area contributed by atoms with Gasteiger partial charge in [0.15, 0.2) is 0 Å². The van der Waals surface area contributed by atoms with Crippen molar-refractivity contribution in [2.45, 2.75) is 13.5 Å². The maximum absolute atomic E-state index is 11.8. The molecule has 1 heterocycles. The van der Waals surface area contributed by atoms with Gasteiger partial charge in [0.25, 0.3) is 0 Å². The van der Waals surface area contributed by atoms with Crippen molar-refractivity contribution in [3.05, 3.63) is 51.2 Å². The van der Waals surface area contributed by atoms with Gasteiger partial charge in [0.05, 0.1) is 0 Å². The predicted molar refractivity (Wildman–Crippen MR) is 81.0 cm³/mol. The van der Waals surface area contributed by atoms with E-state index in [0.29, 0.717) is 17.3 Å². The molecule has 0 bridgehead atoms. The first-order chi connectivity index (χ1) is 9.56. The van der Waals surface area contributed by atoms with E-state index in [-0.39, 0.29) is 0 Å². The Kier molecular flexibility index (Phi) is 4.76. The molecule has 0 unspecified atom stereocenters. The second-order valence-corrected chi connectivity index (χ2v) is 5.44. The number of benzene rings is 1. The molecule has 1 aromatic heterocycles. The van der Waals surface area contributed by atoms with Crippen LogP contribution in [0, 0.1) is 6.92 Å². The van der Waals surface area contributed by atoms with Crippen molar-refractivity contribution in [1.82, 2.24) is 5.32 Å². The zero-order valence-electron chi connectivity index (χ0n) is 10.8. The van der Waals surface area contributed by atoms with Crippen molar-refractivity contribution in [2.24, 2.45) is 0 Å². The number of anilines is 1. The number of carbonyl (C=O) groups excluding carboxylic acids is 2. The molecule has 6 heteroatoms. The third-order valence-corrected chi connectivity index (χ3v) is 3.65. The normalized spacial score (nSPS) is 10.1. The number of aryl methyl sites for hydroxylation is 1. The number of halogens is 1. The maximum atomic E-state index is 11.8. The lowest BCUT2D eigenvalue weighted by atomic mass is 10.2. The van der Waals surface area contributed by atoms with Crippen molar-refractivity contribution in [3.8, 4) is 0 Å². The number of hydrogen-bond acceptors (Lipinski definition) is 3. The molecule has 0 saturated carbocycles. The molecular formula is C14H13ClN2O2S. The van der Waals surface area contributed by atoms with E-state index >= 15 is 0 Å². The second-order valence-electron chi connectivity index (χ2n) is 4.23. The minimum absolute atomic E-state index is 0.338. The molecule has 1 aromatic carbocycles. The van der Waals surface area contributed by atoms with E-state index in [1.54, 1.807) is 18.2 Å². The van der Waals surface area contributed by atoms with Gasteiger partial charge in [0.2, 0.25) is 0 Å². The zero-order chi connectivity index (χ0) is 14.5. The molecule has 2 aromatic rings. The third kappa shape index (κ3) is 3.82. The number of hydrogen-bond donors (Lipinski definition) is 2. The van der Waals surface area contributed by atoms with E-state index < -0.39 is 11.8 Å². The van der Waals surface area contributed by atoms with Crippen LogP contribution in [0.1, 0.15) is 11.1 Å². The largest absolute Gasteiger partial charge is 0.344 e. The summed E-state index contributed by atoms with van der Waals surface area (Å²) in [7, 11) is 0. The second kappa shape index (κ2) is 6.54. The molecule has 0 spiro atoms. The minimum atomic E-state index is -0.703. The van der Waals surface area contributed by atoms with E-state index in [0.717, 1.165) is 11.1 Å². The Bertz CT molecular complexity index is 626. The lowest BCUT2D eigenvalue weighted by Crippen LogP contribution is -2.35. The first-order valence-corrected chi connectivity index (χ1v) is 7.25. The molecule has 0 aliphatic rings. The maximum Gasteiger partial charge on any atom is 0.313 e. The van der Waals surface area contributed by atoms with Crippen molar-refractivity contribution in [3.63, 3.8) is 0 Å². The monoisotopic (exact) mass is 308 g/mol. The Hall–Kier alpha value is -1.85. The molecule has 2 amide bonds. The Morgan fingerprint density at radius 2 is 2.05 bits per heavy atom. The average molecular weight is 309 g/mol. The highest BCUT2D eigenvalue weighted by Gasteiger charge is 2.14. The highest BCUT2D eigenvalue weighted by atomic mass is 35.5. The van der Waals surface area contributed by atoms with Gasteiger partial charge in [-0.1, -0.05) is 17.7 Å². The molecule has 0 saturated heterocycles. The summed E-state index contributed by atoms with van der Waals surface area (Å²) in [5.41, 5.74) is 2.34. The summed E-state index contributed by atoms with van der Waals surface area (Å²) in [5.74, 6) is -1.37. The number of thiophene rings is 1. The predicted octanol–water partition coefficient (Wildman–Crippen LogP) is 2.96. The van der Waals surface area contributed by atoms with Crippen molar-refractivity contribution in [2.75, 3.05) is 5.32 Å². The Morgan fingerprint density at radius 1 is 1.25 bits per heavy atom. The van der Waals surface area contributed by atoms with Gasteiger partial charge in [0.1, 0.15) is 0 Å². The number of amides is 2. The van der Waals surface area contributed by atoms with Gasteiger partial charge in [-0.3, -0.25) is 9.59 Å². The topological polar surface area (TPSA) is 58.2 Å². The van der Waals surface area contributed by atoms with E-state index in [2.05, 4.69) is 10.6 Å². The van der Waals surface area contributed by atoms with Crippen molar-refractivity contribution < 1.29 is 9.59 Å². The Morgan fingerprint density at radius 3 is 2.75 bits per heavy atom. The van der Waals surface area contributed by atoms with Gasteiger partial charge in [-0.25, -0.2) is 0 Å². The molecule has 0 atom stereocenters. The molecular weight excluding hydrogens is 296 g/mol. The summed E-state index contributed by atoms with van der Waals surface area (Å²) in [4.78, 5) is 23.5. The Balaban J connectivity index is 1.93. The smallest absolute Gasteiger partial charge is 0.313 e. The summed E-state index contributed by atoms with van der Waals surface area (Å²) in [6.45, 7) is 2.17. The summed E-state index contributed by atoms with van der Waals surface area (Å²) < 4.78 is 0. The summed E-state index contributed by atoms with van der Waals surface area (Å²) in [6, 6.07) is 7.01. The highest BCUT2D eigenvalue weighted by Crippen LogP contribution is 2.19. The quantitative estimate of drug-likeness (QED) is 0.857. The van der Waals surface area contributed by atoms with E-state index in [1.165, 1.54) is 11.3 Å². The summed E-state index contributed by atoms with van der Waals surface area (Å²) in [5, 5.41) is 9.44. The number of rotatable bonds is 3. The molecule has 20 heavy (non-hydrogen) atoms. The molecule has 0 fully saturated rings. The molecule has 4 nitrogen and oxygen atoms in total. The highest BCUT2D eigenvalue weighted by molar-refractivity contribution is 7.07. The van der Waals surface area contributed by atoms with Crippen LogP contribution < -0.4 is 10.6 Å². The molecule has 0 aliphatic heterocycles. The number of nitrogens with one attached hydrogen (secondary N) is 2. The molecule has 2 N–H and O–H groups in total. The standard InChI is InChI=1S/C14H13ClN2O2S/c1-9-2-3-11(15)6-12(9)17-14(19)13(18)16-7-10-4-5-20-8-10/h2-6,8H,7H2,1H3,(H,16,18)(H,17,19). The van der Waals surface area contributed by atoms with Crippen molar-refractivity contribution >= 4 is 40.4 Å². The first-order valence-electron chi connectivity index (χ1n) is 5.92. The van der Waals surface area contributed by atoms with E-state index in [1.807, 2.05) is 23.8 Å². The Labute approximate surface area is 125 Å². The number of carbonyl (C=O) groups is 2. The van der Waals surface area contributed by atoms with Gasteiger partial charge < -0.3 is 10.6 Å². The fourth-order valence-electron chi connectivity index (χ4n) is 1.56. The molecule has 0 radical (unpaired) electrons. The van der Waals surface area contributed by atoms with Crippen LogP contribution in [0.2, 0.25) is 5.02 Å². The molecule has 0 aliphatic carbocycles. The molecule has 104 valence electrons. The van der Waals surface area contributed by atoms with Gasteiger partial charge in [-0.15, -0.1) is 0 Å². The minimum Gasteiger partial charge on any atom is -0.344 e. The van der Waals surface area contributed by atoms with E-state index in [9.17, 15) is 9.59 Å². The van der Waals surface area contributed by atoms with Gasteiger partial charge in [-0.05, 0) is 47.0 Å². The fourth-order valence-corrected chi connectivity index (χ4v) is 2.40. The van der Waals surface area contributed by atoms with Gasteiger partial charge in [-0.2, -0.15) is 11.3 Å². The zero-order valence-corrected chi connectivity index (χ0v) is 12.3. The van der Waals surface area contributed by atoms with Crippen LogP contribution >= 0.6 is 22.9 Å². The summed E-state index contributed by atoms with van der Waals surface area (Å²) in [6.07, 6.45) is 0.